The lowest BCUT2D eigenvalue weighted by atomic mass is 10.3. The fraction of sp³-hybridized carbons (Fsp3) is 0.182. The van der Waals surface area contributed by atoms with Crippen LogP contribution >= 0.6 is 11.3 Å². The number of rotatable bonds is 2. The molecule has 0 fully saturated rings. The molecule has 0 saturated carbocycles. The van der Waals surface area contributed by atoms with Gasteiger partial charge in [0.15, 0.2) is 0 Å². The van der Waals surface area contributed by atoms with Crippen molar-refractivity contribution in [2.24, 2.45) is 7.05 Å². The highest BCUT2D eigenvalue weighted by molar-refractivity contribution is 7.37. The van der Waals surface area contributed by atoms with Gasteiger partial charge in [-0.25, -0.2) is 0 Å². The number of hydrogen-bond donors (Lipinski definition) is 1. The van der Waals surface area contributed by atoms with Crippen molar-refractivity contribution in [2.75, 3.05) is 5.32 Å². The van der Waals surface area contributed by atoms with E-state index in [1.54, 1.807) is 11.3 Å². The van der Waals surface area contributed by atoms with Gasteiger partial charge in [0.05, 0.1) is 0 Å². The Morgan fingerprint density at radius 2 is 2.00 bits per heavy atom. The van der Waals surface area contributed by atoms with Crippen molar-refractivity contribution in [2.45, 2.75) is 6.92 Å². The van der Waals surface area contributed by atoms with Gasteiger partial charge < -0.3 is 18.8 Å². The Kier molecular flexibility index (Phi) is 3.53. The third kappa shape index (κ3) is 2.19. The standard InChI is InChI=1S/C11H12N5S.H2S/c1-8-13-15(2)11-16(8)14-10(17-11)12-9-6-4-3-5-7-9;/h3-7H,1-2H3,(H,12,14);1H2/q+1;/p-1. The molecule has 1 aromatic carbocycles. The molecular formula is C11H13N5S2. The first-order valence-corrected chi connectivity index (χ1v) is 6.10. The first-order valence-electron chi connectivity index (χ1n) is 5.28. The second kappa shape index (κ2) is 4.95. The molecule has 2 aromatic heterocycles. The number of hydrogen-bond acceptors (Lipinski definition) is 5. The normalized spacial score (nSPS) is 10.3. The second-order valence-corrected chi connectivity index (χ2v) is 4.72. The lowest BCUT2D eigenvalue weighted by Crippen LogP contribution is -2.29. The molecule has 0 saturated heterocycles. The Hall–Kier alpha value is -1.60. The van der Waals surface area contributed by atoms with Crippen LogP contribution in [0.25, 0.3) is 4.96 Å². The van der Waals surface area contributed by atoms with E-state index < -0.39 is 0 Å². The lowest BCUT2D eigenvalue weighted by molar-refractivity contribution is -0.702. The van der Waals surface area contributed by atoms with Crippen molar-refractivity contribution < 1.29 is 4.68 Å². The fourth-order valence-corrected chi connectivity index (χ4v) is 2.59. The van der Waals surface area contributed by atoms with Crippen LogP contribution in [0.2, 0.25) is 0 Å². The molecule has 3 aromatic rings. The zero-order valence-electron chi connectivity index (χ0n) is 10.0. The molecule has 7 heteroatoms. The first kappa shape index (κ1) is 12.8. The zero-order chi connectivity index (χ0) is 11.8. The maximum atomic E-state index is 4.47. The molecule has 5 nitrogen and oxygen atoms in total. The SMILES string of the molecule is Cc1n[n+](C)c2sc(Nc3ccccc3)nn12.[SH-]. The van der Waals surface area contributed by atoms with Crippen LogP contribution in [0.4, 0.5) is 10.8 Å². The summed E-state index contributed by atoms with van der Waals surface area (Å²) in [5.41, 5.74) is 1.04. The van der Waals surface area contributed by atoms with Crippen LogP contribution in [0.1, 0.15) is 5.82 Å². The van der Waals surface area contributed by atoms with Gasteiger partial charge in [0.1, 0.15) is 7.05 Å². The van der Waals surface area contributed by atoms with Gasteiger partial charge in [-0.2, -0.15) is 0 Å². The van der Waals surface area contributed by atoms with Crippen molar-refractivity contribution in [1.82, 2.24) is 14.7 Å². The summed E-state index contributed by atoms with van der Waals surface area (Å²) in [6.45, 7) is 1.94. The minimum atomic E-state index is 0. The minimum Gasteiger partial charge on any atom is -0.813 e. The Balaban J connectivity index is 0.00000120. The predicted octanol–water partition coefficient (Wildman–Crippen LogP) is 1.40. The summed E-state index contributed by atoms with van der Waals surface area (Å²) in [4.78, 5) is 1.01. The second-order valence-electron chi connectivity index (χ2n) is 3.76. The number of aromatic nitrogens is 4. The van der Waals surface area contributed by atoms with Crippen LogP contribution in [-0.4, -0.2) is 14.7 Å². The summed E-state index contributed by atoms with van der Waals surface area (Å²) in [7, 11) is 1.92. The smallest absolute Gasteiger partial charge is 0.392 e. The van der Waals surface area contributed by atoms with Gasteiger partial charge in [-0.3, -0.25) is 0 Å². The number of anilines is 2. The van der Waals surface area contributed by atoms with E-state index in [9.17, 15) is 0 Å². The van der Waals surface area contributed by atoms with Gasteiger partial charge in [-0.15, -0.1) is 4.68 Å². The van der Waals surface area contributed by atoms with Gasteiger partial charge in [-0.1, -0.05) is 22.7 Å². The predicted molar refractivity (Wildman–Crippen MR) is 75.3 cm³/mol. The molecule has 0 unspecified atom stereocenters. The van der Waals surface area contributed by atoms with Gasteiger partial charge >= 0.3 is 4.96 Å². The van der Waals surface area contributed by atoms with Crippen LogP contribution in [0, 0.1) is 6.92 Å². The molecule has 2 heterocycles. The molecule has 0 amide bonds. The maximum Gasteiger partial charge on any atom is 0.392 e. The number of para-hydroxylation sites is 1. The van der Waals surface area contributed by atoms with E-state index in [0.29, 0.717) is 0 Å². The topological polar surface area (TPSA) is 46.1 Å². The number of nitrogens with one attached hydrogen (secondary N) is 1. The number of thiol groups is 1. The molecule has 0 aliphatic rings. The van der Waals surface area contributed by atoms with Crippen molar-refractivity contribution in [3.63, 3.8) is 0 Å². The third-order valence-electron chi connectivity index (χ3n) is 2.46. The molecule has 0 spiro atoms. The number of nitrogens with zero attached hydrogens (tertiary/aromatic N) is 4. The molecule has 0 aliphatic heterocycles. The molecule has 0 radical (unpaired) electrons. The molecule has 0 aliphatic carbocycles. The number of fused-ring (bicyclic) bond motifs is 1. The Bertz CT molecular complexity index is 624. The molecule has 94 valence electrons. The number of benzene rings is 1. The molecule has 0 bridgehead atoms. The summed E-state index contributed by atoms with van der Waals surface area (Å²) in [6.07, 6.45) is 0. The van der Waals surface area contributed by atoms with Crippen LogP contribution in [0.3, 0.4) is 0 Å². The lowest BCUT2D eigenvalue weighted by Gasteiger charge is -1.98. The molecule has 0 atom stereocenters. The minimum absolute atomic E-state index is 0. The summed E-state index contributed by atoms with van der Waals surface area (Å²) >= 11 is 1.58. The van der Waals surface area contributed by atoms with Crippen LogP contribution in [0.5, 0.6) is 0 Å². The van der Waals surface area contributed by atoms with Crippen LogP contribution in [0.15, 0.2) is 30.3 Å². The van der Waals surface area contributed by atoms with Gasteiger partial charge in [0.2, 0.25) is 5.13 Å². The number of aryl methyl sites for hydroxylation is 2. The Morgan fingerprint density at radius 3 is 2.67 bits per heavy atom. The summed E-state index contributed by atoms with van der Waals surface area (Å²) in [6, 6.07) is 10.0. The van der Waals surface area contributed by atoms with Crippen molar-refractivity contribution in [1.29, 1.82) is 0 Å². The molecule has 1 N–H and O–H groups in total. The highest BCUT2D eigenvalue weighted by Gasteiger charge is 2.19. The fourth-order valence-electron chi connectivity index (χ4n) is 1.70. The van der Waals surface area contributed by atoms with Crippen LogP contribution in [-0.2, 0) is 20.5 Å². The van der Waals surface area contributed by atoms with E-state index in [0.717, 1.165) is 21.6 Å². The Labute approximate surface area is 116 Å². The van der Waals surface area contributed by atoms with Gasteiger partial charge in [-0.05, 0) is 33.7 Å². The monoisotopic (exact) mass is 279 g/mol. The van der Waals surface area contributed by atoms with Crippen molar-refractivity contribution in [3.8, 4) is 0 Å². The zero-order valence-corrected chi connectivity index (χ0v) is 11.7. The first-order chi connectivity index (χ1) is 8.24. The summed E-state index contributed by atoms with van der Waals surface area (Å²) in [5.74, 6) is 0.889. The van der Waals surface area contributed by atoms with Gasteiger partial charge in [0.25, 0.3) is 5.82 Å². The van der Waals surface area contributed by atoms with E-state index in [4.69, 9.17) is 0 Å². The highest BCUT2D eigenvalue weighted by atomic mass is 32.1. The van der Waals surface area contributed by atoms with E-state index in [2.05, 4.69) is 15.5 Å². The van der Waals surface area contributed by atoms with E-state index >= 15 is 0 Å². The quantitative estimate of drug-likeness (QED) is 0.437. The summed E-state index contributed by atoms with van der Waals surface area (Å²) < 4.78 is 3.68. The third-order valence-corrected chi connectivity index (χ3v) is 3.46. The van der Waals surface area contributed by atoms with Crippen molar-refractivity contribution in [3.05, 3.63) is 36.2 Å². The van der Waals surface area contributed by atoms with Crippen molar-refractivity contribution >= 4 is 40.6 Å². The summed E-state index contributed by atoms with van der Waals surface area (Å²) in [5, 5.41) is 12.9. The van der Waals surface area contributed by atoms with Crippen LogP contribution < -0.4 is 10.00 Å². The van der Waals surface area contributed by atoms with E-state index in [1.165, 1.54) is 0 Å². The average Bonchev–Trinajstić information content (AvgIpc) is 2.83. The molecule has 18 heavy (non-hydrogen) atoms. The molecule has 3 rings (SSSR count). The Morgan fingerprint density at radius 1 is 1.28 bits per heavy atom. The largest absolute Gasteiger partial charge is 0.813 e. The highest BCUT2D eigenvalue weighted by Crippen LogP contribution is 2.21. The molecular weight excluding hydrogens is 266 g/mol. The van der Waals surface area contributed by atoms with E-state index in [1.807, 2.05) is 53.5 Å². The average molecular weight is 279 g/mol. The maximum absolute atomic E-state index is 4.47. The van der Waals surface area contributed by atoms with E-state index in [-0.39, 0.29) is 13.5 Å². The van der Waals surface area contributed by atoms with Gasteiger partial charge in [0, 0.05) is 12.6 Å².